The normalized spacial score (nSPS) is 11.6. The second-order valence-electron chi connectivity index (χ2n) is 7.09. The number of thiazole rings is 1. The average Bonchev–Trinajstić information content (AvgIpc) is 3.42. The molecule has 1 N–H and O–H groups in total. The van der Waals surface area contributed by atoms with E-state index in [2.05, 4.69) is 63.0 Å². The Morgan fingerprint density at radius 1 is 1.11 bits per heavy atom. The predicted octanol–water partition coefficient (Wildman–Crippen LogP) is 5.65. The number of pyridine rings is 1. The first-order valence-electron chi connectivity index (χ1n) is 9.60. The van der Waals surface area contributed by atoms with Crippen LogP contribution >= 0.6 is 11.3 Å². The average molecular weight is 388 g/mol. The highest BCUT2D eigenvalue weighted by molar-refractivity contribution is 7.18. The van der Waals surface area contributed by atoms with E-state index in [4.69, 9.17) is 4.98 Å². The number of nitrogens with zero attached hydrogens (tertiary/aromatic N) is 4. The summed E-state index contributed by atoms with van der Waals surface area (Å²) in [5.74, 6) is 0. The molecular formula is C22H21N5S. The zero-order valence-corrected chi connectivity index (χ0v) is 16.8. The molecule has 1 aromatic carbocycles. The minimum absolute atomic E-state index is 0.938. The van der Waals surface area contributed by atoms with E-state index >= 15 is 0 Å². The van der Waals surface area contributed by atoms with E-state index < -0.39 is 0 Å². The smallest absolute Gasteiger partial charge is 0.137 e. The van der Waals surface area contributed by atoms with Gasteiger partial charge in [-0.2, -0.15) is 5.10 Å². The minimum Gasteiger partial charge on any atom is -0.299 e. The number of benzene rings is 1. The maximum absolute atomic E-state index is 4.78. The van der Waals surface area contributed by atoms with Gasteiger partial charge in [0, 0.05) is 28.6 Å². The Morgan fingerprint density at radius 3 is 2.82 bits per heavy atom. The molecular weight excluding hydrogens is 366 g/mol. The first-order chi connectivity index (χ1) is 13.7. The SMILES string of the molecule is CCCCc1nc2ccc(-c3cnc4ccc(-c5cn[nH]c5C)cn34)cc2s1. The first kappa shape index (κ1) is 17.1. The van der Waals surface area contributed by atoms with Crippen molar-refractivity contribution in [2.75, 3.05) is 0 Å². The number of aryl methyl sites for hydroxylation is 2. The minimum atomic E-state index is 0.938. The molecule has 4 aromatic heterocycles. The Bertz CT molecular complexity index is 1280. The number of aromatic nitrogens is 5. The maximum atomic E-state index is 4.78. The molecule has 0 saturated carbocycles. The molecule has 0 fully saturated rings. The number of hydrogen-bond acceptors (Lipinski definition) is 4. The number of unbranched alkanes of at least 4 members (excludes halogenated alkanes) is 1. The van der Waals surface area contributed by atoms with Crippen LogP contribution in [0.5, 0.6) is 0 Å². The van der Waals surface area contributed by atoms with Gasteiger partial charge in [0.05, 0.1) is 33.3 Å². The molecule has 0 aliphatic rings. The van der Waals surface area contributed by atoms with Crippen molar-refractivity contribution < 1.29 is 0 Å². The van der Waals surface area contributed by atoms with Crippen molar-refractivity contribution in [3.8, 4) is 22.4 Å². The molecule has 0 bridgehead atoms. The van der Waals surface area contributed by atoms with E-state index in [-0.39, 0.29) is 0 Å². The van der Waals surface area contributed by atoms with Crippen LogP contribution in [0.3, 0.4) is 0 Å². The van der Waals surface area contributed by atoms with Gasteiger partial charge in [-0.3, -0.25) is 9.50 Å². The van der Waals surface area contributed by atoms with Crippen LogP contribution in [0.1, 0.15) is 30.5 Å². The van der Waals surface area contributed by atoms with Gasteiger partial charge in [0.1, 0.15) is 5.65 Å². The predicted molar refractivity (Wildman–Crippen MR) is 115 cm³/mol. The van der Waals surface area contributed by atoms with Crippen LogP contribution in [-0.2, 0) is 6.42 Å². The lowest BCUT2D eigenvalue weighted by Crippen LogP contribution is -1.90. The molecule has 0 amide bonds. The van der Waals surface area contributed by atoms with Gasteiger partial charge in [0.15, 0.2) is 0 Å². The second-order valence-corrected chi connectivity index (χ2v) is 8.21. The number of hydrogen-bond donors (Lipinski definition) is 1. The van der Waals surface area contributed by atoms with Gasteiger partial charge in [-0.25, -0.2) is 9.97 Å². The summed E-state index contributed by atoms with van der Waals surface area (Å²) in [7, 11) is 0. The fraction of sp³-hybridized carbons (Fsp3) is 0.227. The summed E-state index contributed by atoms with van der Waals surface area (Å²) in [6, 6.07) is 10.7. The third-order valence-electron chi connectivity index (χ3n) is 5.12. The number of rotatable bonds is 5. The van der Waals surface area contributed by atoms with Gasteiger partial charge in [-0.1, -0.05) is 19.4 Å². The van der Waals surface area contributed by atoms with Crippen LogP contribution in [0.2, 0.25) is 0 Å². The fourth-order valence-corrected chi connectivity index (χ4v) is 4.61. The summed E-state index contributed by atoms with van der Waals surface area (Å²) in [5.41, 5.74) is 7.57. The summed E-state index contributed by atoms with van der Waals surface area (Å²) in [6.07, 6.45) is 9.40. The van der Waals surface area contributed by atoms with Crippen molar-refractivity contribution >= 4 is 27.2 Å². The van der Waals surface area contributed by atoms with Gasteiger partial charge in [-0.15, -0.1) is 11.3 Å². The van der Waals surface area contributed by atoms with Crippen LogP contribution in [0.15, 0.2) is 48.9 Å². The van der Waals surface area contributed by atoms with Crippen LogP contribution in [0.4, 0.5) is 0 Å². The van der Waals surface area contributed by atoms with Gasteiger partial charge in [-0.05, 0) is 44.0 Å². The van der Waals surface area contributed by atoms with Crippen LogP contribution in [-0.4, -0.2) is 24.6 Å². The number of aromatic amines is 1. The monoisotopic (exact) mass is 387 g/mol. The lowest BCUT2D eigenvalue weighted by Gasteiger charge is -2.05. The zero-order valence-electron chi connectivity index (χ0n) is 15.9. The summed E-state index contributed by atoms with van der Waals surface area (Å²) in [5, 5.41) is 8.39. The quantitative estimate of drug-likeness (QED) is 0.424. The molecule has 0 saturated heterocycles. The van der Waals surface area contributed by atoms with Crippen molar-refractivity contribution in [1.82, 2.24) is 24.6 Å². The molecule has 0 spiro atoms. The lowest BCUT2D eigenvalue weighted by molar-refractivity contribution is 0.791. The molecule has 6 heteroatoms. The van der Waals surface area contributed by atoms with E-state index in [1.807, 2.05) is 19.3 Å². The molecule has 4 heterocycles. The lowest BCUT2D eigenvalue weighted by atomic mass is 10.1. The molecule has 0 radical (unpaired) electrons. The van der Waals surface area contributed by atoms with E-state index in [1.165, 1.54) is 22.5 Å². The summed E-state index contributed by atoms with van der Waals surface area (Å²) in [6.45, 7) is 4.25. The molecule has 5 aromatic rings. The van der Waals surface area contributed by atoms with Gasteiger partial charge in [0.2, 0.25) is 0 Å². The number of fused-ring (bicyclic) bond motifs is 2. The highest BCUT2D eigenvalue weighted by Gasteiger charge is 2.11. The van der Waals surface area contributed by atoms with Crippen LogP contribution in [0.25, 0.3) is 38.2 Å². The van der Waals surface area contributed by atoms with Crippen molar-refractivity contribution in [2.24, 2.45) is 0 Å². The molecule has 0 atom stereocenters. The summed E-state index contributed by atoms with van der Waals surface area (Å²) in [4.78, 5) is 9.37. The number of imidazole rings is 1. The van der Waals surface area contributed by atoms with Crippen molar-refractivity contribution in [1.29, 1.82) is 0 Å². The van der Waals surface area contributed by atoms with E-state index in [1.54, 1.807) is 11.3 Å². The highest BCUT2D eigenvalue weighted by atomic mass is 32.1. The van der Waals surface area contributed by atoms with Crippen molar-refractivity contribution in [2.45, 2.75) is 33.1 Å². The molecule has 0 unspecified atom stereocenters. The maximum Gasteiger partial charge on any atom is 0.137 e. The van der Waals surface area contributed by atoms with Crippen molar-refractivity contribution in [3.63, 3.8) is 0 Å². The molecule has 140 valence electrons. The van der Waals surface area contributed by atoms with Crippen LogP contribution in [0, 0.1) is 6.92 Å². The Morgan fingerprint density at radius 2 is 2.00 bits per heavy atom. The zero-order chi connectivity index (χ0) is 19.1. The Kier molecular flexibility index (Phi) is 4.20. The van der Waals surface area contributed by atoms with E-state index in [0.717, 1.165) is 45.7 Å². The Hall–Kier alpha value is -2.99. The van der Waals surface area contributed by atoms with E-state index in [0.29, 0.717) is 0 Å². The Labute approximate surface area is 167 Å². The third kappa shape index (κ3) is 2.90. The topological polar surface area (TPSA) is 58.9 Å². The molecule has 0 aliphatic carbocycles. The molecule has 28 heavy (non-hydrogen) atoms. The first-order valence-corrected chi connectivity index (χ1v) is 10.4. The van der Waals surface area contributed by atoms with Crippen molar-refractivity contribution in [3.05, 3.63) is 59.6 Å². The van der Waals surface area contributed by atoms with Crippen LogP contribution < -0.4 is 0 Å². The molecule has 5 nitrogen and oxygen atoms in total. The number of nitrogens with one attached hydrogen (secondary N) is 1. The van der Waals surface area contributed by atoms with Gasteiger partial charge >= 0.3 is 0 Å². The highest BCUT2D eigenvalue weighted by Crippen LogP contribution is 2.30. The molecule has 5 rings (SSSR count). The van der Waals surface area contributed by atoms with Gasteiger partial charge in [0.25, 0.3) is 0 Å². The standard InChI is InChI=1S/C22H21N5S/c1-3-4-5-22-25-18-8-6-15(10-20(18)28-22)19-12-23-21-9-7-16(13-27(19)21)17-11-24-26-14(17)2/h6-13H,3-5H2,1-2H3,(H,24,26). The summed E-state index contributed by atoms with van der Waals surface area (Å²) < 4.78 is 3.39. The van der Waals surface area contributed by atoms with E-state index in [9.17, 15) is 0 Å². The number of H-pyrrole nitrogens is 1. The summed E-state index contributed by atoms with van der Waals surface area (Å²) >= 11 is 1.80. The Balaban J connectivity index is 1.59. The third-order valence-corrected chi connectivity index (χ3v) is 6.20. The van der Waals surface area contributed by atoms with Gasteiger partial charge < -0.3 is 0 Å². The second kappa shape index (κ2) is 6.87. The largest absolute Gasteiger partial charge is 0.299 e. The molecule has 0 aliphatic heterocycles. The fourth-order valence-electron chi connectivity index (χ4n) is 3.56.